The summed E-state index contributed by atoms with van der Waals surface area (Å²) < 4.78 is 29.6. The van der Waals surface area contributed by atoms with Gasteiger partial charge >= 0.3 is 0 Å². The molecule has 0 aliphatic heterocycles. The fourth-order valence-corrected chi connectivity index (χ4v) is 3.71. The first kappa shape index (κ1) is 19.1. The van der Waals surface area contributed by atoms with Gasteiger partial charge in [-0.3, -0.25) is 0 Å². The molecule has 6 heteroatoms. The number of hydrogen-bond donors (Lipinski definition) is 1. The molecule has 0 saturated carbocycles. The van der Waals surface area contributed by atoms with E-state index in [2.05, 4.69) is 9.71 Å². The van der Waals surface area contributed by atoms with Crippen LogP contribution in [0.2, 0.25) is 5.02 Å². The molecule has 0 aromatic heterocycles. The second kappa shape index (κ2) is 7.94. The summed E-state index contributed by atoms with van der Waals surface area (Å²) in [5.41, 5.74) is 3.61. The summed E-state index contributed by atoms with van der Waals surface area (Å²) in [7, 11) is -3.90. The standard InChI is InChI=1S/C21H19ClN2O2S/c1-15-8-13-20(16(2)14-15)23-21(17-6-4-3-5-7-17)24-27(25,26)19-11-9-18(22)10-12-19/h3-14H,1-2H3,(H,23,24). The number of rotatable bonds is 4. The molecule has 0 fully saturated rings. The van der Waals surface area contributed by atoms with E-state index in [0.29, 0.717) is 10.6 Å². The van der Waals surface area contributed by atoms with Gasteiger partial charge in [0.25, 0.3) is 10.0 Å². The van der Waals surface area contributed by atoms with Crippen LogP contribution in [0, 0.1) is 13.8 Å². The van der Waals surface area contributed by atoms with Gasteiger partial charge in [0.2, 0.25) is 0 Å². The Morgan fingerprint density at radius 2 is 1.59 bits per heavy atom. The van der Waals surface area contributed by atoms with Crippen molar-refractivity contribution in [2.75, 3.05) is 5.32 Å². The Hall–Kier alpha value is -2.63. The Morgan fingerprint density at radius 1 is 0.926 bits per heavy atom. The molecular weight excluding hydrogens is 380 g/mol. The lowest BCUT2D eigenvalue weighted by Crippen LogP contribution is -2.17. The van der Waals surface area contributed by atoms with Gasteiger partial charge in [0.1, 0.15) is 0 Å². The van der Waals surface area contributed by atoms with Crippen LogP contribution in [0.25, 0.3) is 0 Å². The maximum Gasteiger partial charge on any atom is 0.284 e. The molecule has 1 N–H and O–H groups in total. The third-order valence-electron chi connectivity index (χ3n) is 4.01. The van der Waals surface area contributed by atoms with Gasteiger partial charge in [-0.2, -0.15) is 8.42 Å². The maximum atomic E-state index is 12.8. The van der Waals surface area contributed by atoms with E-state index in [0.717, 1.165) is 16.8 Å². The predicted octanol–water partition coefficient (Wildman–Crippen LogP) is 5.20. The second-order valence-corrected chi connectivity index (χ2v) is 8.22. The lowest BCUT2D eigenvalue weighted by molar-refractivity contribution is 0.598. The molecule has 0 spiro atoms. The molecule has 4 nitrogen and oxygen atoms in total. The van der Waals surface area contributed by atoms with E-state index in [4.69, 9.17) is 11.6 Å². The molecule has 0 aliphatic rings. The Bertz CT molecular complexity index is 1080. The Labute approximate surface area is 164 Å². The van der Waals surface area contributed by atoms with Crippen LogP contribution >= 0.6 is 11.6 Å². The molecule has 3 rings (SSSR count). The molecule has 138 valence electrons. The number of nitrogens with one attached hydrogen (secondary N) is 1. The quantitative estimate of drug-likeness (QED) is 0.485. The first-order valence-electron chi connectivity index (χ1n) is 8.35. The van der Waals surface area contributed by atoms with Gasteiger partial charge in [0.15, 0.2) is 5.84 Å². The molecule has 0 radical (unpaired) electrons. The number of amidine groups is 1. The van der Waals surface area contributed by atoms with Crippen molar-refractivity contribution in [1.82, 2.24) is 0 Å². The Morgan fingerprint density at radius 3 is 2.22 bits per heavy atom. The number of nitrogens with zero attached hydrogens (tertiary/aromatic N) is 1. The molecular formula is C21H19ClN2O2S. The first-order chi connectivity index (χ1) is 12.8. The van der Waals surface area contributed by atoms with Crippen molar-refractivity contribution in [3.05, 3.63) is 94.5 Å². The normalized spacial score (nSPS) is 12.0. The minimum Gasteiger partial charge on any atom is -0.339 e. The molecule has 3 aromatic rings. The van der Waals surface area contributed by atoms with E-state index < -0.39 is 10.0 Å². The lowest BCUT2D eigenvalue weighted by Gasteiger charge is -2.13. The highest BCUT2D eigenvalue weighted by Crippen LogP contribution is 2.20. The van der Waals surface area contributed by atoms with Gasteiger partial charge in [0.05, 0.1) is 4.90 Å². The fraction of sp³-hybridized carbons (Fsp3) is 0.0952. The summed E-state index contributed by atoms with van der Waals surface area (Å²) in [4.78, 5) is 0.0859. The van der Waals surface area contributed by atoms with Crippen LogP contribution in [0.5, 0.6) is 0 Å². The van der Waals surface area contributed by atoms with Crippen molar-refractivity contribution in [2.45, 2.75) is 18.7 Å². The third kappa shape index (κ3) is 4.76. The highest BCUT2D eigenvalue weighted by atomic mass is 35.5. The summed E-state index contributed by atoms with van der Waals surface area (Å²) in [6, 6.07) is 21.0. The number of anilines is 1. The van der Waals surface area contributed by atoms with Crippen molar-refractivity contribution < 1.29 is 8.42 Å². The number of sulfonamides is 1. The number of benzene rings is 3. The predicted molar refractivity (Wildman–Crippen MR) is 111 cm³/mol. The van der Waals surface area contributed by atoms with E-state index in [1.54, 1.807) is 0 Å². The zero-order valence-electron chi connectivity index (χ0n) is 15.0. The summed E-state index contributed by atoms with van der Waals surface area (Å²) >= 11 is 5.86. The second-order valence-electron chi connectivity index (χ2n) is 6.18. The van der Waals surface area contributed by atoms with Gasteiger partial charge in [0, 0.05) is 16.3 Å². The number of aryl methyl sites for hydroxylation is 2. The molecule has 0 saturated heterocycles. The summed E-state index contributed by atoms with van der Waals surface area (Å²) in [5, 5.41) is 3.64. The molecule has 0 aliphatic carbocycles. The number of hydrogen-bond acceptors (Lipinski definition) is 2. The summed E-state index contributed by atoms with van der Waals surface area (Å²) in [5.74, 6) is 0.262. The van der Waals surface area contributed by atoms with E-state index in [1.165, 1.54) is 24.3 Å². The molecule has 0 amide bonds. The van der Waals surface area contributed by atoms with Crippen LogP contribution in [0.3, 0.4) is 0 Å². The molecule has 0 heterocycles. The maximum absolute atomic E-state index is 12.8. The van der Waals surface area contributed by atoms with Crippen LogP contribution < -0.4 is 5.32 Å². The molecule has 27 heavy (non-hydrogen) atoms. The van der Waals surface area contributed by atoms with Gasteiger partial charge in [-0.15, -0.1) is 4.40 Å². The molecule has 0 atom stereocenters. The fourth-order valence-electron chi connectivity index (χ4n) is 2.60. The highest BCUT2D eigenvalue weighted by Gasteiger charge is 2.16. The van der Waals surface area contributed by atoms with E-state index in [9.17, 15) is 8.42 Å². The summed E-state index contributed by atoms with van der Waals surface area (Å²) in [6.07, 6.45) is 0. The zero-order valence-corrected chi connectivity index (χ0v) is 16.6. The van der Waals surface area contributed by atoms with Crippen molar-refractivity contribution in [3.8, 4) is 0 Å². The molecule has 0 unspecified atom stereocenters. The minimum atomic E-state index is -3.90. The Balaban J connectivity index is 2.07. The van der Waals surface area contributed by atoms with Crippen molar-refractivity contribution in [1.29, 1.82) is 0 Å². The molecule has 0 bridgehead atoms. The van der Waals surface area contributed by atoms with E-state index >= 15 is 0 Å². The van der Waals surface area contributed by atoms with Crippen molar-refractivity contribution in [2.24, 2.45) is 4.40 Å². The van der Waals surface area contributed by atoms with Crippen LogP contribution in [-0.4, -0.2) is 14.3 Å². The lowest BCUT2D eigenvalue weighted by atomic mass is 10.1. The van der Waals surface area contributed by atoms with E-state index in [1.807, 2.05) is 62.4 Å². The van der Waals surface area contributed by atoms with Gasteiger partial charge < -0.3 is 5.32 Å². The monoisotopic (exact) mass is 398 g/mol. The highest BCUT2D eigenvalue weighted by molar-refractivity contribution is 7.90. The average Bonchev–Trinajstić information content (AvgIpc) is 2.64. The van der Waals surface area contributed by atoms with Crippen molar-refractivity contribution in [3.63, 3.8) is 0 Å². The zero-order chi connectivity index (χ0) is 19.4. The number of halogens is 1. The van der Waals surface area contributed by atoms with Gasteiger partial charge in [-0.25, -0.2) is 0 Å². The smallest absolute Gasteiger partial charge is 0.284 e. The SMILES string of the molecule is Cc1ccc(N/C(=N\S(=O)(=O)c2ccc(Cl)cc2)c2ccccc2)c(C)c1. The topological polar surface area (TPSA) is 58.5 Å². The van der Waals surface area contributed by atoms with Crippen LogP contribution in [0.1, 0.15) is 16.7 Å². The Kier molecular flexibility index (Phi) is 5.63. The van der Waals surface area contributed by atoms with Crippen LogP contribution in [-0.2, 0) is 10.0 Å². The van der Waals surface area contributed by atoms with Gasteiger partial charge in [-0.05, 0) is 49.7 Å². The summed E-state index contributed by atoms with van der Waals surface area (Å²) in [6.45, 7) is 3.97. The third-order valence-corrected chi connectivity index (χ3v) is 5.55. The minimum absolute atomic E-state index is 0.0859. The first-order valence-corrected chi connectivity index (χ1v) is 10.2. The molecule has 3 aromatic carbocycles. The van der Waals surface area contributed by atoms with Gasteiger partial charge in [-0.1, -0.05) is 59.6 Å². The average molecular weight is 399 g/mol. The largest absolute Gasteiger partial charge is 0.339 e. The van der Waals surface area contributed by atoms with Crippen LogP contribution in [0.4, 0.5) is 5.69 Å². The van der Waals surface area contributed by atoms with Crippen LogP contribution in [0.15, 0.2) is 82.1 Å². The van der Waals surface area contributed by atoms with Crippen molar-refractivity contribution >= 4 is 33.1 Å². The van der Waals surface area contributed by atoms with E-state index in [-0.39, 0.29) is 10.7 Å².